The van der Waals surface area contributed by atoms with Crippen LogP contribution in [0.3, 0.4) is 0 Å². The lowest BCUT2D eigenvalue weighted by Gasteiger charge is -2.24. The average Bonchev–Trinajstić information content (AvgIpc) is 2.70. The third-order valence-corrected chi connectivity index (χ3v) is 5.60. The van der Waals surface area contributed by atoms with Crippen molar-refractivity contribution in [2.75, 3.05) is 12.0 Å². The summed E-state index contributed by atoms with van der Waals surface area (Å²) in [5.74, 6) is -2.06. The minimum absolute atomic E-state index is 0.112. The van der Waals surface area contributed by atoms with Gasteiger partial charge in [-0.3, -0.25) is 14.4 Å². The summed E-state index contributed by atoms with van der Waals surface area (Å²) >= 11 is 1.59. The number of carboxylic acids is 1. The third-order valence-electron chi connectivity index (χ3n) is 4.96. The van der Waals surface area contributed by atoms with Gasteiger partial charge in [0, 0.05) is 18.8 Å². The second kappa shape index (κ2) is 14.0. The summed E-state index contributed by atoms with van der Waals surface area (Å²) in [6.07, 6.45) is 3.86. The maximum absolute atomic E-state index is 13.0. The van der Waals surface area contributed by atoms with Crippen molar-refractivity contribution in [3.63, 3.8) is 0 Å². The molecule has 1 aromatic carbocycles. The van der Waals surface area contributed by atoms with Crippen LogP contribution in [0.1, 0.15) is 45.1 Å². The number of aliphatic carboxylic acids is 1. The molecule has 0 unspecified atom stereocenters. The number of amides is 1. The van der Waals surface area contributed by atoms with Crippen molar-refractivity contribution in [1.29, 1.82) is 0 Å². The van der Waals surface area contributed by atoms with Gasteiger partial charge in [-0.15, -0.1) is 0 Å². The van der Waals surface area contributed by atoms with Gasteiger partial charge >= 0.3 is 5.97 Å². The topological polar surface area (TPSA) is 101 Å². The SMILES string of the molecule is CSCC[C@H](CC=O)C(=O)N[C@@H](CC(C)C)C(=O)C[C@@H](Cc1ccccc1)C(=O)O. The molecule has 0 aliphatic carbocycles. The van der Waals surface area contributed by atoms with Gasteiger partial charge in [0.25, 0.3) is 0 Å². The second-order valence-electron chi connectivity index (χ2n) is 7.97. The van der Waals surface area contributed by atoms with Crippen molar-refractivity contribution in [2.24, 2.45) is 17.8 Å². The van der Waals surface area contributed by atoms with Crippen LogP contribution in [0.15, 0.2) is 30.3 Å². The Bertz CT molecular complexity index is 692. The predicted octanol–water partition coefficient (Wildman–Crippen LogP) is 3.38. The highest BCUT2D eigenvalue weighted by Crippen LogP contribution is 2.18. The monoisotopic (exact) mass is 435 g/mol. The summed E-state index contributed by atoms with van der Waals surface area (Å²) < 4.78 is 0. The van der Waals surface area contributed by atoms with Crippen LogP contribution >= 0.6 is 11.8 Å². The number of carboxylic acid groups (broad SMARTS) is 1. The van der Waals surface area contributed by atoms with Crippen molar-refractivity contribution in [3.05, 3.63) is 35.9 Å². The normalized spacial score (nSPS) is 14.0. The number of rotatable bonds is 15. The van der Waals surface area contributed by atoms with Gasteiger partial charge in [0.1, 0.15) is 6.29 Å². The molecule has 0 heterocycles. The highest BCUT2D eigenvalue weighted by Gasteiger charge is 2.29. The number of Topliss-reactive ketones (excluding diaryl/α,β-unsaturated/α-hetero) is 1. The average molecular weight is 436 g/mol. The first kappa shape index (κ1) is 25.9. The highest BCUT2D eigenvalue weighted by atomic mass is 32.2. The second-order valence-corrected chi connectivity index (χ2v) is 8.95. The zero-order chi connectivity index (χ0) is 22.5. The van der Waals surface area contributed by atoms with Crippen LogP contribution in [0.5, 0.6) is 0 Å². The van der Waals surface area contributed by atoms with Gasteiger partial charge in [-0.1, -0.05) is 44.2 Å². The highest BCUT2D eigenvalue weighted by molar-refractivity contribution is 7.98. The molecule has 6 nitrogen and oxygen atoms in total. The largest absolute Gasteiger partial charge is 0.481 e. The van der Waals surface area contributed by atoms with Crippen LogP contribution in [-0.4, -0.2) is 47.1 Å². The lowest BCUT2D eigenvalue weighted by atomic mass is 9.89. The number of aldehydes is 1. The molecule has 7 heteroatoms. The molecule has 30 heavy (non-hydrogen) atoms. The molecule has 0 spiro atoms. The molecular weight excluding hydrogens is 402 g/mol. The molecule has 2 N–H and O–H groups in total. The number of benzene rings is 1. The number of thioether (sulfide) groups is 1. The standard InChI is InChI=1S/C23H33NO5S/c1-16(2)13-20(24-22(27)18(9-11-25)10-12-30-3)21(26)15-19(23(28)29)14-17-7-5-4-6-8-17/h4-8,11,16,18-20H,9-10,12-15H2,1-3H3,(H,24,27)(H,28,29)/t18-,19+,20-/m0/s1. The van der Waals surface area contributed by atoms with Crippen molar-refractivity contribution in [1.82, 2.24) is 5.32 Å². The Morgan fingerprint density at radius 2 is 1.80 bits per heavy atom. The number of ketones is 1. The molecule has 0 saturated heterocycles. The van der Waals surface area contributed by atoms with E-state index in [-0.39, 0.29) is 36.9 Å². The molecule has 0 aromatic heterocycles. The van der Waals surface area contributed by atoms with E-state index in [9.17, 15) is 24.3 Å². The summed E-state index contributed by atoms with van der Waals surface area (Å²) in [5, 5.41) is 12.4. The predicted molar refractivity (Wildman–Crippen MR) is 119 cm³/mol. The van der Waals surface area contributed by atoms with E-state index in [1.807, 2.05) is 50.4 Å². The van der Waals surface area contributed by atoms with Crippen molar-refractivity contribution in [2.45, 2.75) is 52.0 Å². The number of hydrogen-bond acceptors (Lipinski definition) is 5. The maximum atomic E-state index is 13.0. The number of carbonyl (C=O) groups excluding carboxylic acids is 3. The van der Waals surface area contributed by atoms with Gasteiger partial charge in [0.15, 0.2) is 5.78 Å². The van der Waals surface area contributed by atoms with Gasteiger partial charge in [-0.25, -0.2) is 0 Å². The van der Waals surface area contributed by atoms with E-state index in [4.69, 9.17) is 0 Å². The molecule has 3 atom stereocenters. The van der Waals surface area contributed by atoms with E-state index < -0.39 is 23.8 Å². The first-order chi connectivity index (χ1) is 14.3. The molecule has 0 saturated carbocycles. The first-order valence-electron chi connectivity index (χ1n) is 10.3. The fourth-order valence-electron chi connectivity index (χ4n) is 3.29. The van der Waals surface area contributed by atoms with Gasteiger partial charge in [0.2, 0.25) is 5.91 Å². The molecule has 0 fully saturated rings. The summed E-state index contributed by atoms with van der Waals surface area (Å²) in [4.78, 5) is 48.4. The zero-order valence-electron chi connectivity index (χ0n) is 18.0. The zero-order valence-corrected chi connectivity index (χ0v) is 18.8. The Hall–Kier alpha value is -2.15. The molecule has 0 bridgehead atoms. The summed E-state index contributed by atoms with van der Waals surface area (Å²) in [6, 6.07) is 8.44. The lowest BCUT2D eigenvalue weighted by Crippen LogP contribution is -2.45. The van der Waals surface area contributed by atoms with E-state index in [0.717, 1.165) is 17.6 Å². The van der Waals surface area contributed by atoms with Gasteiger partial charge < -0.3 is 15.2 Å². The van der Waals surface area contributed by atoms with Crippen LogP contribution in [0.4, 0.5) is 0 Å². The molecule has 0 aliphatic rings. The van der Waals surface area contributed by atoms with Crippen molar-refractivity contribution in [3.8, 4) is 0 Å². The molecule has 0 aliphatic heterocycles. The van der Waals surface area contributed by atoms with Gasteiger partial charge in [0.05, 0.1) is 12.0 Å². The Labute approximate surface area is 183 Å². The molecule has 1 aromatic rings. The number of hydrogen-bond donors (Lipinski definition) is 2. The number of carbonyl (C=O) groups is 4. The fraction of sp³-hybridized carbons (Fsp3) is 0.565. The van der Waals surface area contributed by atoms with E-state index in [1.165, 1.54) is 0 Å². The Morgan fingerprint density at radius 1 is 1.13 bits per heavy atom. The molecule has 0 radical (unpaired) electrons. The van der Waals surface area contributed by atoms with Crippen LogP contribution < -0.4 is 5.32 Å². The fourth-order valence-corrected chi connectivity index (χ4v) is 3.81. The summed E-state index contributed by atoms with van der Waals surface area (Å²) in [5.41, 5.74) is 0.852. The molecular formula is C23H33NO5S. The summed E-state index contributed by atoms with van der Waals surface area (Å²) in [6.45, 7) is 3.89. The third kappa shape index (κ3) is 9.57. The molecule has 166 valence electrons. The number of nitrogens with one attached hydrogen (secondary N) is 1. The molecule has 1 amide bonds. The lowest BCUT2D eigenvalue weighted by molar-refractivity contribution is -0.144. The summed E-state index contributed by atoms with van der Waals surface area (Å²) in [7, 11) is 0. The Kier molecular flexibility index (Phi) is 12.0. The molecule has 1 rings (SSSR count). The maximum Gasteiger partial charge on any atom is 0.307 e. The van der Waals surface area contributed by atoms with E-state index in [0.29, 0.717) is 12.8 Å². The van der Waals surface area contributed by atoms with E-state index in [1.54, 1.807) is 11.8 Å². The van der Waals surface area contributed by atoms with E-state index in [2.05, 4.69) is 5.32 Å². The Morgan fingerprint density at radius 3 is 2.33 bits per heavy atom. The van der Waals surface area contributed by atoms with Crippen molar-refractivity contribution < 1.29 is 24.3 Å². The smallest absolute Gasteiger partial charge is 0.307 e. The van der Waals surface area contributed by atoms with Gasteiger partial charge in [-0.2, -0.15) is 11.8 Å². The van der Waals surface area contributed by atoms with Crippen molar-refractivity contribution >= 4 is 35.7 Å². The Balaban J connectivity index is 2.88. The van der Waals surface area contributed by atoms with Crippen LogP contribution in [0.25, 0.3) is 0 Å². The van der Waals surface area contributed by atoms with Crippen LogP contribution in [0, 0.1) is 17.8 Å². The minimum atomic E-state index is -1.03. The first-order valence-corrected chi connectivity index (χ1v) is 11.7. The quantitative estimate of drug-likeness (QED) is 0.410. The van der Waals surface area contributed by atoms with Crippen LogP contribution in [0.2, 0.25) is 0 Å². The van der Waals surface area contributed by atoms with Crippen LogP contribution in [-0.2, 0) is 25.6 Å². The van der Waals surface area contributed by atoms with E-state index >= 15 is 0 Å². The minimum Gasteiger partial charge on any atom is -0.481 e. The van der Waals surface area contributed by atoms with Gasteiger partial charge in [-0.05, 0) is 42.8 Å².